The Kier molecular flexibility index (Phi) is 6.21. The van der Waals surface area contributed by atoms with Gasteiger partial charge in [0.1, 0.15) is 0 Å². The van der Waals surface area contributed by atoms with Crippen LogP contribution in [0.1, 0.15) is 21.5 Å². The van der Waals surface area contributed by atoms with Crippen molar-refractivity contribution in [1.82, 2.24) is 9.21 Å². The molecule has 1 aliphatic rings. The zero-order valence-corrected chi connectivity index (χ0v) is 18.8. The largest absolute Gasteiger partial charge is 0.336 e. The molecule has 8 nitrogen and oxygen atoms in total. The normalized spacial score (nSPS) is 15.8. The number of carbonyl (C=O) groups excluding carboxylic acids is 1. The third kappa shape index (κ3) is 5.00. The van der Waals surface area contributed by atoms with Gasteiger partial charge in [-0.2, -0.15) is 4.31 Å². The SMILES string of the molecule is Cc1ccc(NS(=O)(=O)c2ccc(C)c(C(=O)N3CCN(S(C)(=O)=O)CC3)c2)cc1. The molecule has 1 heterocycles. The van der Waals surface area contributed by atoms with E-state index in [9.17, 15) is 21.6 Å². The topological polar surface area (TPSA) is 104 Å². The van der Waals surface area contributed by atoms with Gasteiger partial charge in [0.05, 0.1) is 11.2 Å². The summed E-state index contributed by atoms with van der Waals surface area (Å²) < 4.78 is 52.8. The van der Waals surface area contributed by atoms with Crippen molar-refractivity contribution >= 4 is 31.6 Å². The Morgan fingerprint density at radius 1 is 0.900 bits per heavy atom. The summed E-state index contributed by atoms with van der Waals surface area (Å²) in [6.07, 6.45) is 1.14. The van der Waals surface area contributed by atoms with Gasteiger partial charge in [-0.15, -0.1) is 0 Å². The Hall–Kier alpha value is -2.43. The first-order valence-electron chi connectivity index (χ1n) is 9.42. The molecule has 2 aromatic rings. The molecule has 10 heteroatoms. The van der Waals surface area contributed by atoms with Crippen LogP contribution in [0.15, 0.2) is 47.4 Å². The second-order valence-electron chi connectivity index (χ2n) is 7.40. The average molecular weight is 452 g/mol. The molecule has 30 heavy (non-hydrogen) atoms. The predicted octanol–water partition coefficient (Wildman–Crippen LogP) is 1.82. The molecular formula is C20H25N3O5S2. The van der Waals surface area contributed by atoms with E-state index in [1.165, 1.54) is 16.4 Å². The van der Waals surface area contributed by atoms with Crippen LogP contribution in [0.5, 0.6) is 0 Å². The molecule has 162 valence electrons. The van der Waals surface area contributed by atoms with Crippen molar-refractivity contribution < 1.29 is 21.6 Å². The van der Waals surface area contributed by atoms with Crippen molar-refractivity contribution in [2.75, 3.05) is 37.2 Å². The number of nitrogens with one attached hydrogen (secondary N) is 1. The van der Waals surface area contributed by atoms with Crippen LogP contribution in [-0.2, 0) is 20.0 Å². The van der Waals surface area contributed by atoms with Gasteiger partial charge in [0.25, 0.3) is 15.9 Å². The number of amides is 1. The number of rotatable bonds is 5. The number of hydrogen-bond acceptors (Lipinski definition) is 5. The van der Waals surface area contributed by atoms with Gasteiger partial charge >= 0.3 is 0 Å². The number of sulfonamides is 2. The summed E-state index contributed by atoms with van der Waals surface area (Å²) in [7, 11) is -7.16. The Balaban J connectivity index is 1.81. The highest BCUT2D eigenvalue weighted by molar-refractivity contribution is 7.92. The molecule has 1 fully saturated rings. The summed E-state index contributed by atoms with van der Waals surface area (Å²) in [5, 5.41) is 0. The van der Waals surface area contributed by atoms with Gasteiger partial charge in [0.15, 0.2) is 0 Å². The maximum atomic E-state index is 13.0. The van der Waals surface area contributed by atoms with E-state index >= 15 is 0 Å². The van der Waals surface area contributed by atoms with E-state index in [0.29, 0.717) is 11.3 Å². The number of benzene rings is 2. The van der Waals surface area contributed by atoms with E-state index in [1.807, 2.05) is 6.92 Å². The lowest BCUT2D eigenvalue weighted by Crippen LogP contribution is -2.50. The molecule has 1 saturated heterocycles. The third-order valence-corrected chi connectivity index (χ3v) is 7.73. The maximum Gasteiger partial charge on any atom is 0.261 e. The molecule has 0 atom stereocenters. The van der Waals surface area contributed by atoms with E-state index < -0.39 is 20.0 Å². The van der Waals surface area contributed by atoms with Crippen LogP contribution in [0.2, 0.25) is 0 Å². The maximum absolute atomic E-state index is 13.0. The van der Waals surface area contributed by atoms with Crippen molar-refractivity contribution in [3.05, 3.63) is 59.2 Å². The molecule has 1 amide bonds. The van der Waals surface area contributed by atoms with Crippen molar-refractivity contribution in [3.8, 4) is 0 Å². The first-order chi connectivity index (χ1) is 14.0. The van der Waals surface area contributed by atoms with Crippen LogP contribution in [0.25, 0.3) is 0 Å². The predicted molar refractivity (Wildman–Crippen MR) is 115 cm³/mol. The van der Waals surface area contributed by atoms with Crippen molar-refractivity contribution in [2.45, 2.75) is 18.7 Å². The Labute approximate surface area is 177 Å². The average Bonchev–Trinajstić information content (AvgIpc) is 2.69. The number of hydrogen-bond donors (Lipinski definition) is 1. The summed E-state index contributed by atoms with van der Waals surface area (Å²) in [6, 6.07) is 11.4. The first-order valence-corrected chi connectivity index (χ1v) is 12.7. The fraction of sp³-hybridized carbons (Fsp3) is 0.350. The van der Waals surface area contributed by atoms with Gasteiger partial charge < -0.3 is 4.90 Å². The molecular weight excluding hydrogens is 426 g/mol. The summed E-state index contributed by atoms with van der Waals surface area (Å²) in [6.45, 7) is 4.59. The minimum atomic E-state index is -3.87. The fourth-order valence-corrected chi connectivity index (χ4v) is 5.14. The second-order valence-corrected chi connectivity index (χ2v) is 11.1. The van der Waals surface area contributed by atoms with Gasteiger partial charge in [-0.25, -0.2) is 16.8 Å². The Morgan fingerprint density at radius 3 is 2.07 bits per heavy atom. The minimum absolute atomic E-state index is 0.00760. The molecule has 0 radical (unpaired) electrons. The van der Waals surface area contributed by atoms with E-state index in [4.69, 9.17) is 0 Å². The lowest BCUT2D eigenvalue weighted by Gasteiger charge is -2.33. The molecule has 0 aromatic heterocycles. The zero-order chi connectivity index (χ0) is 22.1. The molecule has 1 N–H and O–H groups in total. The third-order valence-electron chi connectivity index (χ3n) is 5.05. The monoisotopic (exact) mass is 451 g/mol. The second kappa shape index (κ2) is 8.37. The van der Waals surface area contributed by atoms with E-state index in [1.54, 1.807) is 42.2 Å². The lowest BCUT2D eigenvalue weighted by atomic mass is 10.1. The molecule has 0 bridgehead atoms. The summed E-state index contributed by atoms with van der Waals surface area (Å²) in [5.41, 5.74) is 2.39. The Bertz CT molecular complexity index is 1150. The van der Waals surface area contributed by atoms with Gasteiger partial charge in [0, 0.05) is 37.4 Å². The Morgan fingerprint density at radius 2 is 1.50 bits per heavy atom. The number of aryl methyl sites for hydroxylation is 2. The van der Waals surface area contributed by atoms with E-state index in [0.717, 1.165) is 11.8 Å². The van der Waals surface area contributed by atoms with Crippen LogP contribution < -0.4 is 4.72 Å². The molecule has 1 aliphatic heterocycles. The summed E-state index contributed by atoms with van der Waals surface area (Å²) in [5.74, 6) is -0.312. The van der Waals surface area contributed by atoms with E-state index in [-0.39, 0.29) is 42.5 Å². The number of anilines is 1. The van der Waals surface area contributed by atoms with Crippen LogP contribution >= 0.6 is 0 Å². The van der Waals surface area contributed by atoms with Crippen LogP contribution in [0, 0.1) is 13.8 Å². The number of piperazine rings is 1. The van der Waals surface area contributed by atoms with Crippen LogP contribution in [0.3, 0.4) is 0 Å². The number of carbonyl (C=O) groups is 1. The summed E-state index contributed by atoms with van der Waals surface area (Å²) in [4.78, 5) is 14.5. The molecule has 0 saturated carbocycles. The van der Waals surface area contributed by atoms with Gasteiger partial charge in [-0.05, 0) is 43.7 Å². The highest BCUT2D eigenvalue weighted by atomic mass is 32.2. The molecule has 0 spiro atoms. The van der Waals surface area contributed by atoms with Gasteiger partial charge in [0.2, 0.25) is 10.0 Å². The minimum Gasteiger partial charge on any atom is -0.336 e. The smallest absolute Gasteiger partial charge is 0.261 e. The first kappa shape index (κ1) is 22.3. The van der Waals surface area contributed by atoms with Crippen molar-refractivity contribution in [2.24, 2.45) is 0 Å². The summed E-state index contributed by atoms with van der Waals surface area (Å²) >= 11 is 0. The van der Waals surface area contributed by atoms with E-state index in [2.05, 4.69) is 4.72 Å². The highest BCUT2D eigenvalue weighted by Gasteiger charge is 2.28. The van der Waals surface area contributed by atoms with Crippen LogP contribution in [0.4, 0.5) is 5.69 Å². The van der Waals surface area contributed by atoms with Crippen molar-refractivity contribution in [1.29, 1.82) is 0 Å². The van der Waals surface area contributed by atoms with Gasteiger partial charge in [-0.3, -0.25) is 9.52 Å². The van der Waals surface area contributed by atoms with Crippen LogP contribution in [-0.4, -0.2) is 64.4 Å². The molecule has 3 rings (SSSR count). The van der Waals surface area contributed by atoms with Gasteiger partial charge in [-0.1, -0.05) is 23.8 Å². The standard InChI is InChI=1S/C20H25N3O5S2/c1-15-4-7-17(8-5-15)21-30(27,28)18-9-6-16(2)19(14-18)20(24)22-10-12-23(13-11-22)29(3,25)26/h4-9,14,21H,10-13H2,1-3H3. The molecule has 0 aliphatic carbocycles. The van der Waals surface area contributed by atoms with Crippen molar-refractivity contribution in [3.63, 3.8) is 0 Å². The molecule has 0 unspecified atom stereocenters. The quantitative estimate of drug-likeness (QED) is 0.747. The lowest BCUT2D eigenvalue weighted by molar-refractivity contribution is 0.0697. The molecule has 2 aromatic carbocycles. The number of nitrogens with zero attached hydrogens (tertiary/aromatic N) is 2. The highest BCUT2D eigenvalue weighted by Crippen LogP contribution is 2.21. The fourth-order valence-electron chi connectivity index (χ4n) is 3.23. The zero-order valence-electron chi connectivity index (χ0n) is 17.1.